The predicted molar refractivity (Wildman–Crippen MR) is 35.4 cm³/mol. The fourth-order valence-electron chi connectivity index (χ4n) is 0.319. The first-order valence-electron chi connectivity index (χ1n) is 2.74. The van der Waals surface area contributed by atoms with Crippen LogP contribution in [0.1, 0.15) is 6.42 Å². The average molecular weight is 235 g/mol. The first-order chi connectivity index (χ1) is 4.95. The number of carbonyl (C=O) groups is 1. The van der Waals surface area contributed by atoms with Gasteiger partial charge in [-0.25, -0.2) is 0 Å². The van der Waals surface area contributed by atoms with Crippen molar-refractivity contribution in [2.24, 2.45) is 0 Å². The minimum Gasteiger partial charge on any atom is -0.465 e. The Morgan fingerprint density at radius 3 is 2.36 bits per heavy atom. The molecule has 11 heavy (non-hydrogen) atoms. The summed E-state index contributed by atoms with van der Waals surface area (Å²) >= 11 is 2.74. The molecule has 0 aromatic carbocycles. The minimum absolute atomic E-state index is 0.0785. The topological polar surface area (TPSA) is 26.3 Å². The lowest BCUT2D eigenvalue weighted by Crippen LogP contribution is -2.14. The van der Waals surface area contributed by atoms with Gasteiger partial charge < -0.3 is 4.74 Å². The first-order valence-corrected chi connectivity index (χ1v) is 3.86. The van der Waals surface area contributed by atoms with Crippen molar-refractivity contribution in [2.75, 3.05) is 11.9 Å². The second-order valence-electron chi connectivity index (χ2n) is 1.72. The van der Waals surface area contributed by atoms with Crippen LogP contribution < -0.4 is 0 Å². The maximum Gasteiger partial charge on any atom is 0.392 e. The van der Waals surface area contributed by atoms with E-state index < -0.39 is 25.2 Å². The third kappa shape index (κ3) is 7.64. The zero-order chi connectivity index (χ0) is 8.91. The fourth-order valence-corrected chi connectivity index (χ4v) is 0.481. The van der Waals surface area contributed by atoms with Crippen LogP contribution in [0.15, 0.2) is 0 Å². The highest BCUT2D eigenvalue weighted by atomic mass is 79.9. The van der Waals surface area contributed by atoms with Crippen LogP contribution in [-0.4, -0.2) is 24.1 Å². The van der Waals surface area contributed by atoms with Gasteiger partial charge in [0.25, 0.3) is 0 Å². The van der Waals surface area contributed by atoms with E-state index in [1.54, 1.807) is 0 Å². The SMILES string of the molecule is O=C(CBr)OCCC(F)(F)F. The van der Waals surface area contributed by atoms with Crippen molar-refractivity contribution < 1.29 is 22.7 Å². The Balaban J connectivity index is 3.35. The molecule has 0 aromatic rings. The molecule has 0 radical (unpaired) electrons. The number of hydrogen-bond donors (Lipinski definition) is 0. The van der Waals surface area contributed by atoms with Gasteiger partial charge in [-0.15, -0.1) is 0 Å². The normalized spacial score (nSPS) is 11.3. The zero-order valence-corrected chi connectivity index (χ0v) is 7.04. The van der Waals surface area contributed by atoms with Gasteiger partial charge in [0.2, 0.25) is 0 Å². The molecule has 0 fully saturated rings. The molecule has 0 saturated carbocycles. The summed E-state index contributed by atoms with van der Waals surface area (Å²) in [6.07, 6.45) is -5.35. The summed E-state index contributed by atoms with van der Waals surface area (Å²) in [5, 5.41) is -0.0785. The van der Waals surface area contributed by atoms with Crippen LogP contribution in [0.25, 0.3) is 0 Å². The second kappa shape index (κ2) is 4.58. The molecule has 0 atom stereocenters. The van der Waals surface area contributed by atoms with Gasteiger partial charge >= 0.3 is 12.1 Å². The van der Waals surface area contributed by atoms with Gasteiger partial charge in [0.05, 0.1) is 13.0 Å². The number of carbonyl (C=O) groups excluding carboxylic acids is 1. The number of esters is 1. The maximum atomic E-state index is 11.4. The third-order valence-electron chi connectivity index (χ3n) is 0.758. The van der Waals surface area contributed by atoms with Crippen LogP contribution >= 0.6 is 15.9 Å². The molecule has 2 nitrogen and oxygen atoms in total. The third-order valence-corrected chi connectivity index (χ3v) is 1.22. The highest BCUT2D eigenvalue weighted by molar-refractivity contribution is 9.09. The van der Waals surface area contributed by atoms with Crippen LogP contribution in [0, 0.1) is 0 Å². The molecule has 66 valence electrons. The van der Waals surface area contributed by atoms with E-state index in [0.29, 0.717) is 0 Å². The van der Waals surface area contributed by atoms with E-state index in [0.717, 1.165) is 0 Å². The molecule has 0 rings (SSSR count). The summed E-state index contributed by atoms with van der Waals surface area (Å²) < 4.78 is 38.4. The summed E-state index contributed by atoms with van der Waals surface area (Å²) in [5.41, 5.74) is 0. The van der Waals surface area contributed by atoms with E-state index in [1.165, 1.54) is 0 Å². The lowest BCUT2D eigenvalue weighted by molar-refractivity contribution is -0.156. The van der Waals surface area contributed by atoms with Gasteiger partial charge in [0.15, 0.2) is 0 Å². The molecule has 0 aromatic heterocycles. The van der Waals surface area contributed by atoms with Crippen molar-refractivity contribution in [2.45, 2.75) is 12.6 Å². The molecule has 0 N–H and O–H groups in total. The van der Waals surface area contributed by atoms with E-state index in [1.807, 2.05) is 0 Å². The van der Waals surface area contributed by atoms with E-state index >= 15 is 0 Å². The van der Waals surface area contributed by atoms with Gasteiger partial charge in [-0.05, 0) is 0 Å². The van der Waals surface area contributed by atoms with Crippen molar-refractivity contribution in [3.8, 4) is 0 Å². The molecule has 0 aliphatic carbocycles. The molecule has 0 amide bonds. The Labute approximate surface area is 69.8 Å². The van der Waals surface area contributed by atoms with Crippen LogP contribution in [0.5, 0.6) is 0 Å². The molecular formula is C5H6BrF3O2. The maximum absolute atomic E-state index is 11.4. The van der Waals surface area contributed by atoms with Crippen molar-refractivity contribution in [3.05, 3.63) is 0 Å². The summed E-state index contributed by atoms with van der Waals surface area (Å²) in [7, 11) is 0. The minimum atomic E-state index is -4.26. The Morgan fingerprint density at radius 1 is 1.45 bits per heavy atom. The lowest BCUT2D eigenvalue weighted by Gasteiger charge is -2.05. The molecule has 0 spiro atoms. The van der Waals surface area contributed by atoms with Crippen LogP contribution in [0.4, 0.5) is 13.2 Å². The molecule has 0 bridgehead atoms. The number of hydrogen-bond acceptors (Lipinski definition) is 2. The van der Waals surface area contributed by atoms with Crippen LogP contribution in [-0.2, 0) is 9.53 Å². The molecule has 0 aliphatic heterocycles. The Morgan fingerprint density at radius 2 is 2.00 bits per heavy atom. The Kier molecular flexibility index (Phi) is 4.48. The van der Waals surface area contributed by atoms with Gasteiger partial charge in [0, 0.05) is 0 Å². The van der Waals surface area contributed by atoms with Crippen molar-refractivity contribution in [3.63, 3.8) is 0 Å². The van der Waals surface area contributed by atoms with E-state index in [2.05, 4.69) is 20.7 Å². The predicted octanol–water partition coefficient (Wildman–Crippen LogP) is 1.88. The van der Waals surface area contributed by atoms with Gasteiger partial charge in [-0.3, -0.25) is 4.79 Å². The Hall–Kier alpha value is -0.260. The smallest absolute Gasteiger partial charge is 0.392 e. The van der Waals surface area contributed by atoms with E-state index in [9.17, 15) is 18.0 Å². The number of alkyl halides is 4. The summed E-state index contributed by atoms with van der Waals surface area (Å²) in [5.74, 6) is -0.686. The van der Waals surface area contributed by atoms with E-state index in [4.69, 9.17) is 0 Å². The second-order valence-corrected chi connectivity index (χ2v) is 2.28. The quantitative estimate of drug-likeness (QED) is 0.551. The molecule has 6 heteroatoms. The molecule has 0 aliphatic rings. The summed E-state index contributed by atoms with van der Waals surface area (Å²) in [6, 6.07) is 0. The largest absolute Gasteiger partial charge is 0.465 e. The zero-order valence-electron chi connectivity index (χ0n) is 5.45. The van der Waals surface area contributed by atoms with Crippen molar-refractivity contribution in [1.82, 2.24) is 0 Å². The Bertz CT molecular complexity index is 134. The first kappa shape index (κ1) is 10.7. The highest BCUT2D eigenvalue weighted by Crippen LogP contribution is 2.18. The molecular weight excluding hydrogens is 229 g/mol. The summed E-state index contributed by atoms with van der Waals surface area (Å²) in [6.45, 7) is -0.603. The van der Waals surface area contributed by atoms with Crippen LogP contribution in [0.3, 0.4) is 0 Å². The van der Waals surface area contributed by atoms with E-state index in [-0.39, 0.29) is 5.33 Å². The monoisotopic (exact) mass is 234 g/mol. The lowest BCUT2D eigenvalue weighted by atomic mass is 10.4. The molecule has 0 saturated heterocycles. The van der Waals surface area contributed by atoms with Crippen molar-refractivity contribution >= 4 is 21.9 Å². The van der Waals surface area contributed by atoms with Crippen LogP contribution in [0.2, 0.25) is 0 Å². The van der Waals surface area contributed by atoms with Gasteiger partial charge in [-0.2, -0.15) is 13.2 Å². The molecule has 0 heterocycles. The van der Waals surface area contributed by atoms with Gasteiger partial charge in [0.1, 0.15) is 5.33 Å². The fraction of sp³-hybridized carbons (Fsp3) is 0.800. The van der Waals surface area contributed by atoms with Gasteiger partial charge in [-0.1, -0.05) is 15.9 Å². The number of rotatable bonds is 3. The molecule has 0 unspecified atom stereocenters. The van der Waals surface area contributed by atoms with Crippen molar-refractivity contribution in [1.29, 1.82) is 0 Å². The standard InChI is InChI=1S/C5H6BrF3O2/c6-3-4(10)11-2-1-5(7,8)9/h1-3H2. The average Bonchev–Trinajstić information content (AvgIpc) is 1.85. The highest BCUT2D eigenvalue weighted by Gasteiger charge is 2.27. The number of halogens is 4. The summed E-state index contributed by atoms with van der Waals surface area (Å²) in [4.78, 5) is 10.3. The number of ether oxygens (including phenoxy) is 1.